The van der Waals surface area contributed by atoms with Crippen molar-refractivity contribution in [2.24, 2.45) is 0 Å². The van der Waals surface area contributed by atoms with Crippen molar-refractivity contribution in [2.45, 2.75) is 37.5 Å². The number of esters is 2. The number of halogens is 1. The molecule has 1 fully saturated rings. The quantitative estimate of drug-likeness (QED) is 0.420. The lowest BCUT2D eigenvalue weighted by molar-refractivity contribution is -0.0706. The van der Waals surface area contributed by atoms with Crippen LogP contribution in [0.5, 0.6) is 0 Å². The normalized spacial score (nSPS) is 26.3. The van der Waals surface area contributed by atoms with Crippen LogP contribution < -0.4 is 0 Å². The first-order valence-electron chi connectivity index (χ1n) is 9.52. The maximum atomic E-state index is 12.6. The number of alkyl halides is 1. The molecule has 0 N–H and O–H groups in total. The van der Waals surface area contributed by atoms with Gasteiger partial charge in [-0.2, -0.15) is 0 Å². The number of terminal acetylenes is 1. The molecular weight excluding hydrogens is 392 g/mol. The lowest BCUT2D eigenvalue weighted by atomic mass is 9.98. The van der Waals surface area contributed by atoms with Crippen LogP contribution in [0.15, 0.2) is 48.5 Å². The fourth-order valence-electron chi connectivity index (χ4n) is 2.87. The summed E-state index contributed by atoms with van der Waals surface area (Å²) < 4.78 is 24.4. The van der Waals surface area contributed by atoms with E-state index in [9.17, 15) is 9.59 Å². The van der Waals surface area contributed by atoms with Crippen molar-refractivity contribution in [2.75, 3.05) is 6.61 Å². The second kappa shape index (κ2) is 8.69. The van der Waals surface area contributed by atoms with Gasteiger partial charge in [-0.05, 0) is 38.1 Å². The van der Waals surface area contributed by atoms with Gasteiger partial charge in [0.2, 0.25) is 5.60 Å². The zero-order chi connectivity index (χ0) is 21.9. The van der Waals surface area contributed by atoms with Crippen LogP contribution in [0, 0.1) is 26.2 Å². The molecule has 0 saturated carbocycles. The van der Waals surface area contributed by atoms with Crippen LogP contribution in [-0.2, 0) is 14.2 Å². The standard InChI is InChI=1S/C23H21ClO5/c1-4-23(14-27-21(25)17-9-5-15(2)6-10-17)19(13-20(24)29-23)28-22(26)18-11-7-16(3)8-12-18/h1,5-12,19-20H,13-14H2,2-3H3/t19-,20?,23+/m0/s1/i20D. The SMILES string of the molecule is [2H]C1(Cl)C[C@H](OC(=O)c2ccc(C)cc2)[C@@](C#C)(COC(=O)c2ccc(C)cc2)O1. The van der Waals surface area contributed by atoms with Crippen molar-refractivity contribution >= 4 is 23.5 Å². The molecule has 29 heavy (non-hydrogen) atoms. The molecular formula is C23H21ClO5. The van der Waals surface area contributed by atoms with Gasteiger partial charge in [-0.3, -0.25) is 0 Å². The highest BCUT2D eigenvalue weighted by molar-refractivity contribution is 6.20. The van der Waals surface area contributed by atoms with Crippen molar-refractivity contribution in [3.8, 4) is 12.3 Å². The van der Waals surface area contributed by atoms with E-state index in [0.717, 1.165) is 11.1 Å². The highest BCUT2D eigenvalue weighted by Gasteiger charge is 2.51. The number of hydrogen-bond acceptors (Lipinski definition) is 5. The number of rotatable bonds is 5. The predicted molar refractivity (Wildman–Crippen MR) is 109 cm³/mol. The maximum Gasteiger partial charge on any atom is 0.338 e. The highest BCUT2D eigenvalue weighted by Crippen LogP contribution is 2.35. The number of hydrogen-bond donors (Lipinski definition) is 0. The van der Waals surface area contributed by atoms with E-state index in [0.29, 0.717) is 11.1 Å². The molecule has 1 saturated heterocycles. The lowest BCUT2D eigenvalue weighted by Gasteiger charge is -2.28. The molecule has 1 aliphatic rings. The molecule has 1 unspecified atom stereocenters. The molecule has 0 aliphatic carbocycles. The smallest absolute Gasteiger partial charge is 0.338 e. The van der Waals surface area contributed by atoms with Crippen molar-refractivity contribution < 1.29 is 25.2 Å². The van der Waals surface area contributed by atoms with Gasteiger partial charge >= 0.3 is 11.9 Å². The molecule has 5 nitrogen and oxygen atoms in total. The predicted octanol–water partition coefficient (Wildman–Crippen LogP) is 4.04. The fourth-order valence-corrected chi connectivity index (χ4v) is 3.15. The van der Waals surface area contributed by atoms with Crippen molar-refractivity contribution in [3.63, 3.8) is 0 Å². The molecule has 3 rings (SSSR count). The first-order chi connectivity index (χ1) is 14.1. The summed E-state index contributed by atoms with van der Waals surface area (Å²) >= 11 is 6.04. The Hall–Kier alpha value is -2.81. The Balaban J connectivity index is 1.76. The van der Waals surface area contributed by atoms with Crippen LogP contribution in [0.3, 0.4) is 0 Å². The van der Waals surface area contributed by atoms with Gasteiger partial charge in [0.05, 0.1) is 12.5 Å². The average molecular weight is 414 g/mol. The molecule has 0 bridgehead atoms. The van der Waals surface area contributed by atoms with E-state index >= 15 is 0 Å². The van der Waals surface area contributed by atoms with Crippen LogP contribution >= 0.6 is 11.6 Å². The zero-order valence-corrected chi connectivity index (χ0v) is 16.9. The summed E-state index contributed by atoms with van der Waals surface area (Å²) in [6, 6.07) is 13.6. The number of carbonyl (C=O) groups is 2. The molecule has 0 amide bonds. The summed E-state index contributed by atoms with van der Waals surface area (Å²) in [6.45, 7) is 3.37. The topological polar surface area (TPSA) is 61.8 Å². The van der Waals surface area contributed by atoms with E-state index < -0.39 is 35.8 Å². The summed E-state index contributed by atoms with van der Waals surface area (Å²) in [5.41, 5.74) is -0.953. The third-order valence-electron chi connectivity index (χ3n) is 4.64. The Morgan fingerprint density at radius 1 is 1.14 bits per heavy atom. The molecule has 150 valence electrons. The van der Waals surface area contributed by atoms with E-state index in [1.165, 1.54) is 0 Å². The number of aryl methyl sites for hydroxylation is 2. The Kier molecular flexibility index (Phi) is 5.84. The summed E-state index contributed by atoms with van der Waals surface area (Å²) in [4.78, 5) is 24.9. The average Bonchev–Trinajstić information content (AvgIpc) is 2.97. The Bertz CT molecular complexity index is 978. The summed E-state index contributed by atoms with van der Waals surface area (Å²) in [5, 5.41) is 0. The van der Waals surface area contributed by atoms with Gasteiger partial charge in [0, 0.05) is 6.42 Å². The molecule has 2 aromatic carbocycles. The van der Waals surface area contributed by atoms with E-state index in [1.54, 1.807) is 48.5 Å². The van der Waals surface area contributed by atoms with E-state index in [2.05, 4.69) is 5.92 Å². The Labute approximate surface area is 176 Å². The van der Waals surface area contributed by atoms with E-state index in [1.807, 2.05) is 13.8 Å². The van der Waals surface area contributed by atoms with E-state index in [4.69, 9.17) is 33.6 Å². The number of ether oxygens (including phenoxy) is 3. The zero-order valence-electron chi connectivity index (χ0n) is 17.1. The maximum absolute atomic E-state index is 12.6. The van der Waals surface area contributed by atoms with Gasteiger partial charge in [0.25, 0.3) is 0 Å². The van der Waals surface area contributed by atoms with Gasteiger partial charge in [-0.15, -0.1) is 6.42 Å². The summed E-state index contributed by atoms with van der Waals surface area (Å²) in [5.74, 6) is 1.13. The first kappa shape index (κ1) is 19.5. The van der Waals surface area contributed by atoms with Crippen LogP contribution in [0.25, 0.3) is 0 Å². The molecule has 0 radical (unpaired) electrons. The molecule has 0 spiro atoms. The molecule has 3 atom stereocenters. The highest BCUT2D eigenvalue weighted by atomic mass is 35.5. The third kappa shape index (κ3) is 4.79. The minimum absolute atomic E-state index is 0.182. The van der Waals surface area contributed by atoms with Gasteiger partial charge in [-0.25, -0.2) is 9.59 Å². The van der Waals surface area contributed by atoms with Crippen LogP contribution in [0.1, 0.15) is 39.6 Å². The van der Waals surface area contributed by atoms with Crippen LogP contribution in [0.2, 0.25) is 0 Å². The summed E-state index contributed by atoms with van der Waals surface area (Å²) in [7, 11) is 0. The number of carbonyl (C=O) groups excluding carboxylic acids is 2. The monoisotopic (exact) mass is 413 g/mol. The fraction of sp³-hybridized carbons (Fsp3) is 0.304. The molecule has 1 heterocycles. The minimum Gasteiger partial charge on any atom is -0.458 e. The molecule has 6 heteroatoms. The van der Waals surface area contributed by atoms with Gasteiger partial charge in [-0.1, -0.05) is 52.9 Å². The van der Waals surface area contributed by atoms with Crippen LogP contribution in [0.4, 0.5) is 0 Å². The second-order valence-electron chi connectivity index (χ2n) is 6.90. The third-order valence-corrected chi connectivity index (χ3v) is 4.88. The van der Waals surface area contributed by atoms with Gasteiger partial charge in [0.1, 0.15) is 18.3 Å². The largest absolute Gasteiger partial charge is 0.458 e. The molecule has 1 aliphatic heterocycles. The van der Waals surface area contributed by atoms with Crippen molar-refractivity contribution in [1.29, 1.82) is 0 Å². The first-order valence-corrected chi connectivity index (χ1v) is 9.40. The van der Waals surface area contributed by atoms with Crippen LogP contribution in [-0.4, -0.2) is 35.8 Å². The molecule has 0 aromatic heterocycles. The summed E-state index contributed by atoms with van der Waals surface area (Å²) in [6.07, 6.45) is 4.41. The van der Waals surface area contributed by atoms with Gasteiger partial charge < -0.3 is 14.2 Å². The number of benzene rings is 2. The van der Waals surface area contributed by atoms with E-state index in [-0.39, 0.29) is 6.42 Å². The van der Waals surface area contributed by atoms with Crippen molar-refractivity contribution in [3.05, 3.63) is 70.8 Å². The Morgan fingerprint density at radius 3 is 2.17 bits per heavy atom. The van der Waals surface area contributed by atoms with Crippen molar-refractivity contribution in [1.82, 2.24) is 0 Å². The molecule has 2 aromatic rings. The minimum atomic E-state index is -1.92. The second-order valence-corrected chi connectivity index (χ2v) is 7.32. The van der Waals surface area contributed by atoms with Gasteiger partial charge in [0.15, 0.2) is 0 Å². The Morgan fingerprint density at radius 2 is 1.66 bits per heavy atom. The lowest BCUT2D eigenvalue weighted by Crippen LogP contribution is -2.45.